The van der Waals surface area contributed by atoms with Gasteiger partial charge < -0.3 is 4.74 Å². The number of unbranched alkanes of at least 4 members (excludes halogenated alkanes) is 6. The summed E-state index contributed by atoms with van der Waals surface area (Å²) in [5.74, 6) is -0.858. The van der Waals surface area contributed by atoms with Crippen LogP contribution in [0.15, 0.2) is 59.7 Å². The van der Waals surface area contributed by atoms with Crippen molar-refractivity contribution in [2.24, 2.45) is 5.10 Å². The molecule has 0 aromatic heterocycles. The van der Waals surface area contributed by atoms with Crippen LogP contribution < -0.4 is 5.43 Å². The van der Waals surface area contributed by atoms with Crippen molar-refractivity contribution in [2.75, 3.05) is 0 Å². The molecule has 158 valence electrons. The third-order valence-corrected chi connectivity index (χ3v) is 4.60. The van der Waals surface area contributed by atoms with Crippen molar-refractivity contribution in [2.45, 2.75) is 63.8 Å². The number of ether oxygens (including phenoxy) is 1. The lowest BCUT2D eigenvalue weighted by Gasteiger charge is -2.16. The predicted molar refractivity (Wildman–Crippen MR) is 107 cm³/mol. The fraction of sp³-hybridized carbons (Fsp3) is 0.455. The van der Waals surface area contributed by atoms with Crippen molar-refractivity contribution in [3.63, 3.8) is 0 Å². The normalized spacial score (nSPS) is 17.7. The van der Waals surface area contributed by atoms with Gasteiger partial charge in [0, 0.05) is 5.57 Å². The molecule has 1 atom stereocenters. The molecule has 0 bridgehead atoms. The number of carbonyl (C=O) groups excluding carboxylic acids is 1. The van der Waals surface area contributed by atoms with Crippen LogP contribution in [0.3, 0.4) is 0 Å². The highest BCUT2D eigenvalue weighted by Crippen LogP contribution is 2.30. The molecule has 1 N–H and O–H groups in total. The number of benzene rings is 1. The zero-order valence-corrected chi connectivity index (χ0v) is 16.4. The fourth-order valence-corrected chi connectivity index (χ4v) is 3.04. The Morgan fingerprint density at radius 1 is 1.10 bits per heavy atom. The minimum Gasteiger partial charge on any atom is -0.456 e. The van der Waals surface area contributed by atoms with Gasteiger partial charge in [0.2, 0.25) is 0 Å². The lowest BCUT2D eigenvalue weighted by molar-refractivity contribution is -0.144. The highest BCUT2D eigenvalue weighted by Gasteiger charge is 2.48. The Hall–Kier alpha value is -2.57. The summed E-state index contributed by atoms with van der Waals surface area (Å²) >= 11 is 0. The quantitative estimate of drug-likeness (QED) is 0.300. The van der Waals surface area contributed by atoms with Crippen molar-refractivity contribution in [3.8, 4) is 0 Å². The molecule has 0 saturated carbocycles. The smallest absolute Gasteiger partial charge is 0.414 e. The highest BCUT2D eigenvalue weighted by molar-refractivity contribution is 6.44. The molecule has 0 radical (unpaired) electrons. The molecule has 1 unspecified atom stereocenters. The van der Waals surface area contributed by atoms with Crippen LogP contribution in [0.2, 0.25) is 0 Å². The Morgan fingerprint density at radius 2 is 1.76 bits per heavy atom. The number of hydrazone groups is 1. The summed E-state index contributed by atoms with van der Waals surface area (Å²) in [6.07, 6.45) is 5.10. The fourth-order valence-electron chi connectivity index (χ4n) is 3.04. The van der Waals surface area contributed by atoms with E-state index in [0.29, 0.717) is 6.42 Å². The van der Waals surface area contributed by atoms with Crippen LogP contribution in [0.5, 0.6) is 0 Å². The SMILES string of the molecule is C=CCCCCCCC/C=C1\C(C(=O)OCc2ccccc2)=NNC1C(F)(F)F. The van der Waals surface area contributed by atoms with E-state index in [-0.39, 0.29) is 17.9 Å². The van der Waals surface area contributed by atoms with Crippen LogP contribution in [0.1, 0.15) is 50.5 Å². The molecule has 0 aliphatic carbocycles. The number of hydrogen-bond donors (Lipinski definition) is 1. The second-order valence-electron chi connectivity index (χ2n) is 6.92. The number of rotatable bonds is 11. The minimum absolute atomic E-state index is 0.0205. The van der Waals surface area contributed by atoms with Crippen LogP contribution in [-0.4, -0.2) is 23.9 Å². The Balaban J connectivity index is 1.92. The second-order valence-corrected chi connectivity index (χ2v) is 6.92. The molecular weight excluding hydrogens is 381 g/mol. The maximum Gasteiger partial charge on any atom is 0.414 e. The average molecular weight is 408 g/mol. The lowest BCUT2D eigenvalue weighted by Crippen LogP contribution is -2.39. The zero-order valence-electron chi connectivity index (χ0n) is 16.4. The molecule has 0 amide bonds. The summed E-state index contributed by atoms with van der Waals surface area (Å²) in [6, 6.07) is 6.97. The maximum atomic E-state index is 13.3. The van der Waals surface area contributed by atoms with E-state index in [0.717, 1.165) is 44.1 Å². The van der Waals surface area contributed by atoms with Crippen LogP contribution in [0.25, 0.3) is 0 Å². The van der Waals surface area contributed by atoms with Gasteiger partial charge in [-0.05, 0) is 31.2 Å². The summed E-state index contributed by atoms with van der Waals surface area (Å²) in [5, 5.41) is 3.62. The summed E-state index contributed by atoms with van der Waals surface area (Å²) in [4.78, 5) is 12.3. The van der Waals surface area contributed by atoms with Crippen LogP contribution >= 0.6 is 0 Å². The first-order valence-corrected chi connectivity index (χ1v) is 9.85. The van der Waals surface area contributed by atoms with E-state index in [4.69, 9.17) is 4.74 Å². The molecule has 1 aromatic carbocycles. The Bertz CT molecular complexity index is 727. The number of halogens is 3. The van der Waals surface area contributed by atoms with Gasteiger partial charge in [-0.1, -0.05) is 61.7 Å². The van der Waals surface area contributed by atoms with E-state index in [1.165, 1.54) is 6.08 Å². The Kier molecular flexibility index (Phi) is 8.96. The van der Waals surface area contributed by atoms with Gasteiger partial charge in [-0.2, -0.15) is 18.3 Å². The van der Waals surface area contributed by atoms with E-state index in [1.54, 1.807) is 24.3 Å². The molecule has 2 rings (SSSR count). The molecule has 1 aromatic rings. The predicted octanol–water partition coefficient (Wildman–Crippen LogP) is 5.46. The van der Waals surface area contributed by atoms with Gasteiger partial charge in [0.25, 0.3) is 0 Å². The summed E-state index contributed by atoms with van der Waals surface area (Å²) < 4.78 is 45.1. The van der Waals surface area contributed by atoms with Gasteiger partial charge in [0.05, 0.1) is 0 Å². The van der Waals surface area contributed by atoms with Crippen molar-refractivity contribution < 1.29 is 22.7 Å². The molecule has 1 aliphatic heterocycles. The largest absolute Gasteiger partial charge is 0.456 e. The molecule has 0 saturated heterocycles. The maximum absolute atomic E-state index is 13.3. The minimum atomic E-state index is -4.54. The third-order valence-electron chi connectivity index (χ3n) is 4.60. The second kappa shape index (κ2) is 11.4. The number of hydrogen-bond acceptors (Lipinski definition) is 4. The van der Waals surface area contributed by atoms with Gasteiger partial charge in [0.1, 0.15) is 6.61 Å². The molecule has 1 aliphatic rings. The van der Waals surface area contributed by atoms with Crippen molar-refractivity contribution in [1.82, 2.24) is 5.43 Å². The van der Waals surface area contributed by atoms with E-state index >= 15 is 0 Å². The van der Waals surface area contributed by atoms with E-state index < -0.39 is 18.2 Å². The van der Waals surface area contributed by atoms with Gasteiger partial charge >= 0.3 is 12.1 Å². The highest BCUT2D eigenvalue weighted by atomic mass is 19.4. The van der Waals surface area contributed by atoms with Crippen LogP contribution in [0, 0.1) is 0 Å². The number of nitrogens with one attached hydrogen (secondary N) is 1. The van der Waals surface area contributed by atoms with Crippen LogP contribution in [-0.2, 0) is 16.1 Å². The molecule has 1 heterocycles. The molecule has 4 nitrogen and oxygen atoms in total. The molecule has 29 heavy (non-hydrogen) atoms. The molecule has 0 spiro atoms. The molecular formula is C22H27F3N2O2. The first-order valence-electron chi connectivity index (χ1n) is 9.85. The summed E-state index contributed by atoms with van der Waals surface area (Å²) in [5.41, 5.74) is 2.34. The van der Waals surface area contributed by atoms with Crippen LogP contribution in [0.4, 0.5) is 13.2 Å². The number of esters is 1. The van der Waals surface area contributed by atoms with Gasteiger partial charge in [-0.3, -0.25) is 5.43 Å². The lowest BCUT2D eigenvalue weighted by atomic mass is 10.0. The number of allylic oxidation sites excluding steroid dienone is 2. The molecule has 0 fully saturated rings. The van der Waals surface area contributed by atoms with Gasteiger partial charge in [-0.25, -0.2) is 4.79 Å². The summed E-state index contributed by atoms with van der Waals surface area (Å²) in [6.45, 7) is 3.66. The van der Waals surface area contributed by atoms with E-state index in [1.807, 2.05) is 17.6 Å². The Morgan fingerprint density at radius 3 is 2.41 bits per heavy atom. The standard InChI is InChI=1S/C22H27F3N2O2/c1-2-3-4-5-6-7-8-12-15-18-19(26-27-20(18)22(23,24)25)21(28)29-16-17-13-10-9-11-14-17/h2,9-11,13-15,20,27H,1,3-8,12,16H2/b18-15+. The summed E-state index contributed by atoms with van der Waals surface area (Å²) in [7, 11) is 0. The number of alkyl halides is 3. The van der Waals surface area contributed by atoms with Crippen molar-refractivity contribution >= 4 is 11.7 Å². The first kappa shape index (κ1) is 22.7. The number of carbonyl (C=O) groups is 1. The zero-order chi connectivity index (χ0) is 21.1. The van der Waals surface area contributed by atoms with Gasteiger partial charge in [0.15, 0.2) is 11.8 Å². The topological polar surface area (TPSA) is 50.7 Å². The van der Waals surface area contributed by atoms with E-state index in [2.05, 4.69) is 11.7 Å². The molecule has 7 heteroatoms. The number of nitrogens with zero attached hydrogens (tertiary/aromatic N) is 1. The monoisotopic (exact) mass is 408 g/mol. The average Bonchev–Trinajstić information content (AvgIpc) is 3.13. The van der Waals surface area contributed by atoms with Crippen molar-refractivity contribution in [3.05, 3.63) is 60.2 Å². The van der Waals surface area contributed by atoms with Gasteiger partial charge in [-0.15, -0.1) is 6.58 Å². The third kappa shape index (κ3) is 7.40. The van der Waals surface area contributed by atoms with E-state index in [9.17, 15) is 18.0 Å². The Labute approximate surface area is 169 Å². The first-order chi connectivity index (χ1) is 13.9. The van der Waals surface area contributed by atoms with Crippen molar-refractivity contribution in [1.29, 1.82) is 0 Å².